The lowest BCUT2D eigenvalue weighted by atomic mass is 10.00. The zero-order chi connectivity index (χ0) is 27.6. The molecule has 1 saturated heterocycles. The fourth-order valence-electron chi connectivity index (χ4n) is 5.27. The van der Waals surface area contributed by atoms with Crippen LogP contribution in [0.3, 0.4) is 0 Å². The molecule has 0 aliphatic carbocycles. The third-order valence-corrected chi connectivity index (χ3v) is 8.40. The number of rotatable bonds is 12. The molecule has 3 aromatic carbocycles. The van der Waals surface area contributed by atoms with E-state index in [4.69, 9.17) is 4.74 Å². The first-order valence-corrected chi connectivity index (χ1v) is 15.2. The summed E-state index contributed by atoms with van der Waals surface area (Å²) in [6, 6.07) is 27.4. The van der Waals surface area contributed by atoms with Crippen molar-refractivity contribution in [2.45, 2.75) is 39.0 Å². The first-order valence-electron chi connectivity index (χ1n) is 14.3. The quantitative estimate of drug-likeness (QED) is 0.219. The van der Waals surface area contributed by atoms with Crippen LogP contribution in [0.4, 0.5) is 4.79 Å². The van der Waals surface area contributed by atoms with Gasteiger partial charge in [-0.25, -0.2) is 4.79 Å². The van der Waals surface area contributed by atoms with Crippen molar-refractivity contribution in [2.75, 3.05) is 39.4 Å². The normalized spacial score (nSPS) is 14.7. The average molecular weight is 557 g/mol. The number of hydrogen-bond acceptors (Lipinski definition) is 5. The summed E-state index contributed by atoms with van der Waals surface area (Å²) in [7, 11) is 0. The predicted octanol–water partition coefficient (Wildman–Crippen LogP) is 6.19. The van der Waals surface area contributed by atoms with E-state index in [9.17, 15) is 4.79 Å². The van der Waals surface area contributed by atoms with Gasteiger partial charge in [0.05, 0.1) is 19.3 Å². The van der Waals surface area contributed by atoms with E-state index in [0.717, 1.165) is 63.5 Å². The smallest absolute Gasteiger partial charge is 0.318 e. The van der Waals surface area contributed by atoms with Crippen LogP contribution in [0, 0.1) is 0 Å². The summed E-state index contributed by atoms with van der Waals surface area (Å²) in [5, 5.41) is 11.3. The maximum absolute atomic E-state index is 13.6. The van der Waals surface area contributed by atoms with Gasteiger partial charge in [-0.15, -0.1) is 11.3 Å². The molecule has 7 heteroatoms. The van der Waals surface area contributed by atoms with Crippen LogP contribution < -0.4 is 10.6 Å². The number of carbonyl (C=O) groups is 1. The van der Waals surface area contributed by atoms with Gasteiger partial charge in [-0.05, 0) is 52.3 Å². The van der Waals surface area contributed by atoms with Crippen molar-refractivity contribution >= 4 is 28.1 Å². The van der Waals surface area contributed by atoms with E-state index < -0.39 is 0 Å². The van der Waals surface area contributed by atoms with Crippen LogP contribution in [0.5, 0.6) is 0 Å². The number of fused-ring (bicyclic) bond motifs is 1. The number of hydrogen-bond donors (Lipinski definition) is 2. The molecule has 4 aromatic rings. The second kappa shape index (κ2) is 14.4. The molecule has 1 aliphatic heterocycles. The third kappa shape index (κ3) is 7.92. The minimum absolute atomic E-state index is 0.0240. The van der Waals surface area contributed by atoms with Crippen molar-refractivity contribution in [3.05, 3.63) is 106 Å². The van der Waals surface area contributed by atoms with Crippen LogP contribution in [-0.2, 0) is 24.4 Å². The molecule has 0 radical (unpaired) electrons. The van der Waals surface area contributed by atoms with Crippen LogP contribution in [-0.4, -0.2) is 55.2 Å². The molecule has 1 atom stereocenters. The molecule has 0 saturated carbocycles. The summed E-state index contributed by atoms with van der Waals surface area (Å²) in [6.07, 6.45) is 0.931. The number of nitrogens with one attached hydrogen (secondary N) is 2. The van der Waals surface area contributed by atoms with Gasteiger partial charge in [-0.1, -0.05) is 72.8 Å². The average Bonchev–Trinajstić information content (AvgIpc) is 3.51. The molecular formula is C33H40N4O2S. The van der Waals surface area contributed by atoms with Crippen molar-refractivity contribution < 1.29 is 9.53 Å². The fraction of sp³-hybridized carbons (Fsp3) is 0.364. The first-order chi connectivity index (χ1) is 19.7. The largest absolute Gasteiger partial charge is 0.379 e. The lowest BCUT2D eigenvalue weighted by Crippen LogP contribution is -2.43. The molecule has 40 heavy (non-hydrogen) atoms. The van der Waals surface area contributed by atoms with Crippen molar-refractivity contribution in [1.29, 1.82) is 0 Å². The Morgan fingerprint density at radius 1 is 0.950 bits per heavy atom. The molecular weight excluding hydrogens is 516 g/mol. The van der Waals surface area contributed by atoms with Gasteiger partial charge in [0.2, 0.25) is 0 Å². The molecule has 2 N–H and O–H groups in total. The van der Waals surface area contributed by atoms with Gasteiger partial charge < -0.3 is 20.3 Å². The van der Waals surface area contributed by atoms with Gasteiger partial charge in [-0.3, -0.25) is 4.90 Å². The molecule has 2 heterocycles. The van der Waals surface area contributed by atoms with Gasteiger partial charge >= 0.3 is 6.03 Å². The molecule has 0 spiro atoms. The van der Waals surface area contributed by atoms with Gasteiger partial charge in [0, 0.05) is 50.7 Å². The third-order valence-electron chi connectivity index (χ3n) is 7.53. The maximum atomic E-state index is 13.6. The Morgan fingerprint density at radius 2 is 1.73 bits per heavy atom. The molecule has 6 nitrogen and oxygen atoms in total. The van der Waals surface area contributed by atoms with E-state index in [1.54, 1.807) is 11.3 Å². The standard InChI is InChI=1S/C33H40N4O2S/c1-26(31-11-4-8-29-7-2-3-10-32(29)31)35-33(38)37(17-6-16-36-18-20-39-21-19-36)25-28-14-12-27(13-15-28)23-34-24-30-9-5-22-40-30/h2-5,7-15,22,26,34H,6,16-21,23-25H2,1H3,(H,35,38). The number of amides is 2. The van der Waals surface area contributed by atoms with Gasteiger partial charge in [0.25, 0.3) is 0 Å². The lowest BCUT2D eigenvalue weighted by Gasteiger charge is -2.29. The van der Waals surface area contributed by atoms with Crippen LogP contribution in [0.2, 0.25) is 0 Å². The monoisotopic (exact) mass is 556 g/mol. The molecule has 5 rings (SSSR count). The highest BCUT2D eigenvalue weighted by Crippen LogP contribution is 2.24. The number of urea groups is 1. The van der Waals surface area contributed by atoms with Crippen molar-refractivity contribution in [1.82, 2.24) is 20.4 Å². The van der Waals surface area contributed by atoms with E-state index in [2.05, 4.69) is 107 Å². The Morgan fingerprint density at radius 3 is 2.52 bits per heavy atom. The Hall–Kier alpha value is -3.23. The summed E-state index contributed by atoms with van der Waals surface area (Å²) in [6.45, 7) is 9.55. The van der Waals surface area contributed by atoms with E-state index in [1.165, 1.54) is 21.2 Å². The second-order valence-corrected chi connectivity index (χ2v) is 11.5. The minimum atomic E-state index is -0.0999. The zero-order valence-corrected chi connectivity index (χ0v) is 24.2. The van der Waals surface area contributed by atoms with Gasteiger partial charge in [0.1, 0.15) is 0 Å². The van der Waals surface area contributed by atoms with Gasteiger partial charge in [-0.2, -0.15) is 0 Å². The summed E-state index contributed by atoms with van der Waals surface area (Å²) < 4.78 is 5.49. The Labute approximate surface area is 242 Å². The van der Waals surface area contributed by atoms with Gasteiger partial charge in [0.15, 0.2) is 0 Å². The van der Waals surface area contributed by atoms with E-state index >= 15 is 0 Å². The number of ether oxygens (including phenoxy) is 1. The SMILES string of the molecule is CC(NC(=O)N(CCCN1CCOCC1)Cc1ccc(CNCc2cccs2)cc1)c1cccc2ccccc12. The molecule has 1 unspecified atom stereocenters. The Balaban J connectivity index is 1.22. The molecule has 2 amide bonds. The number of carbonyl (C=O) groups excluding carboxylic acids is 1. The summed E-state index contributed by atoms with van der Waals surface area (Å²) in [4.78, 5) is 19.4. The Kier molecular flexibility index (Phi) is 10.2. The Bertz CT molecular complexity index is 1330. The number of benzene rings is 3. The van der Waals surface area contributed by atoms with Crippen LogP contribution in [0.15, 0.2) is 84.2 Å². The summed E-state index contributed by atoms with van der Waals surface area (Å²) in [5.74, 6) is 0. The highest BCUT2D eigenvalue weighted by atomic mass is 32.1. The van der Waals surface area contributed by atoms with Crippen LogP contribution in [0.25, 0.3) is 10.8 Å². The number of morpholine rings is 1. The van der Waals surface area contributed by atoms with Crippen molar-refractivity contribution in [3.8, 4) is 0 Å². The molecule has 1 fully saturated rings. The van der Waals surface area contributed by atoms with Crippen molar-refractivity contribution in [3.63, 3.8) is 0 Å². The lowest BCUT2D eigenvalue weighted by molar-refractivity contribution is 0.0364. The fourth-order valence-corrected chi connectivity index (χ4v) is 5.95. The molecule has 1 aliphatic rings. The second-order valence-electron chi connectivity index (χ2n) is 10.5. The highest BCUT2D eigenvalue weighted by molar-refractivity contribution is 7.09. The van der Waals surface area contributed by atoms with Crippen LogP contribution in [0.1, 0.15) is 41.0 Å². The first kappa shape index (κ1) is 28.3. The maximum Gasteiger partial charge on any atom is 0.318 e. The van der Waals surface area contributed by atoms with E-state index in [-0.39, 0.29) is 12.1 Å². The number of nitrogens with zero attached hydrogens (tertiary/aromatic N) is 2. The number of thiophene rings is 1. The molecule has 1 aromatic heterocycles. The van der Waals surface area contributed by atoms with E-state index in [0.29, 0.717) is 13.1 Å². The van der Waals surface area contributed by atoms with Crippen molar-refractivity contribution in [2.24, 2.45) is 0 Å². The van der Waals surface area contributed by atoms with Crippen LogP contribution >= 0.6 is 11.3 Å². The predicted molar refractivity (Wildman–Crippen MR) is 164 cm³/mol. The minimum Gasteiger partial charge on any atom is -0.379 e. The molecule has 0 bridgehead atoms. The summed E-state index contributed by atoms with van der Waals surface area (Å²) in [5.41, 5.74) is 3.52. The topological polar surface area (TPSA) is 56.8 Å². The zero-order valence-electron chi connectivity index (χ0n) is 23.4. The summed E-state index contributed by atoms with van der Waals surface area (Å²) >= 11 is 1.77. The van der Waals surface area contributed by atoms with E-state index in [1.807, 2.05) is 4.90 Å². The highest BCUT2D eigenvalue weighted by Gasteiger charge is 2.19. The molecule has 210 valence electrons.